The van der Waals surface area contributed by atoms with Crippen LogP contribution >= 0.6 is 23.5 Å². The molecule has 2 fully saturated rings. The number of urea groups is 2. The summed E-state index contributed by atoms with van der Waals surface area (Å²) in [6, 6.07) is 11.1. The predicted octanol–water partition coefficient (Wildman–Crippen LogP) is 0.706. The second-order valence-electron chi connectivity index (χ2n) is 11.5. The molecule has 6 amide bonds. The summed E-state index contributed by atoms with van der Waals surface area (Å²) in [7, 11) is 2.69. The first kappa shape index (κ1) is 34.6. The van der Waals surface area contributed by atoms with E-state index in [9.17, 15) is 28.8 Å². The van der Waals surface area contributed by atoms with E-state index >= 15 is 0 Å². The van der Waals surface area contributed by atoms with E-state index < -0.39 is 70.2 Å². The second-order valence-corrected chi connectivity index (χ2v) is 14.0. The Bertz CT molecular complexity index is 1800. The third kappa shape index (κ3) is 6.55. The lowest BCUT2D eigenvalue weighted by Gasteiger charge is -2.55. The molecule has 6 atom stereocenters. The Hall–Kier alpha value is -5.21. The number of hydrazine groups is 1. The number of H-pyrrole nitrogens is 1. The van der Waals surface area contributed by atoms with Crippen molar-refractivity contribution in [2.45, 2.75) is 41.1 Å². The maximum absolute atomic E-state index is 14.1. The number of nitrogens with one attached hydrogen (secondary N) is 5. The fourth-order valence-electron chi connectivity index (χ4n) is 5.71. The van der Waals surface area contributed by atoms with Crippen molar-refractivity contribution < 1.29 is 38.2 Å². The molecule has 5 N–H and O–H groups in total. The number of carbonyl (C=O) groups is 6. The zero-order valence-corrected chi connectivity index (χ0v) is 28.4. The summed E-state index contributed by atoms with van der Waals surface area (Å²) < 4.78 is 11.2. The first-order chi connectivity index (χ1) is 24.0. The van der Waals surface area contributed by atoms with E-state index in [-0.39, 0.29) is 12.3 Å². The smallest absolute Gasteiger partial charge is 0.342 e. The molecule has 18 nitrogen and oxygen atoms in total. The van der Waals surface area contributed by atoms with Gasteiger partial charge in [0.05, 0.1) is 5.56 Å². The molecule has 4 heterocycles. The number of hydrogen-bond acceptors (Lipinski definition) is 14. The maximum atomic E-state index is 14.1. The fraction of sp³-hybridized carbons (Fsp3) is 0.367. The van der Waals surface area contributed by atoms with E-state index in [1.165, 1.54) is 42.5 Å². The second kappa shape index (κ2) is 14.3. The van der Waals surface area contributed by atoms with Crippen LogP contribution in [0.5, 0.6) is 0 Å². The number of benzene rings is 2. The summed E-state index contributed by atoms with van der Waals surface area (Å²) in [6.07, 6.45) is -1.26. The summed E-state index contributed by atoms with van der Waals surface area (Å²) >= 11 is 2.46. The molecule has 2 saturated heterocycles. The van der Waals surface area contributed by atoms with Gasteiger partial charge in [0.25, 0.3) is 6.29 Å². The van der Waals surface area contributed by atoms with Gasteiger partial charge in [0, 0.05) is 37.2 Å². The van der Waals surface area contributed by atoms with Crippen molar-refractivity contribution in [3.63, 3.8) is 0 Å². The first-order valence-electron chi connectivity index (χ1n) is 15.2. The van der Waals surface area contributed by atoms with Crippen LogP contribution in [0.15, 0.2) is 59.8 Å². The van der Waals surface area contributed by atoms with Crippen molar-refractivity contribution in [3.05, 3.63) is 71.3 Å². The van der Waals surface area contributed by atoms with E-state index in [0.717, 1.165) is 4.90 Å². The average Bonchev–Trinajstić information content (AvgIpc) is 3.76. The molecule has 50 heavy (non-hydrogen) atoms. The monoisotopic (exact) mass is 724 g/mol. The fourth-order valence-corrected chi connectivity index (χ4v) is 8.47. The van der Waals surface area contributed by atoms with Gasteiger partial charge >= 0.3 is 24.0 Å². The van der Waals surface area contributed by atoms with Gasteiger partial charge in [0.1, 0.15) is 22.9 Å². The molecule has 1 aromatic heterocycles. The van der Waals surface area contributed by atoms with Crippen LogP contribution < -0.4 is 21.5 Å². The normalized spacial score (nSPS) is 23.3. The van der Waals surface area contributed by atoms with E-state index in [2.05, 4.69) is 42.1 Å². The van der Waals surface area contributed by atoms with Crippen molar-refractivity contribution in [2.24, 2.45) is 5.41 Å². The van der Waals surface area contributed by atoms with E-state index in [0.29, 0.717) is 21.8 Å². The lowest BCUT2D eigenvalue weighted by atomic mass is 9.84. The number of amides is 6. The number of cyclic esters (lactones) is 1. The van der Waals surface area contributed by atoms with Crippen LogP contribution in [0.2, 0.25) is 0 Å². The molecular weight excluding hydrogens is 693 g/mol. The highest BCUT2D eigenvalue weighted by Gasteiger charge is 2.60. The molecule has 6 rings (SSSR count). The number of carbonyl (C=O) groups excluding carboxylic acids is 6. The molecule has 0 radical (unpaired) electrons. The number of thioether (sulfide) groups is 2. The third-order valence-corrected chi connectivity index (χ3v) is 11.3. The van der Waals surface area contributed by atoms with E-state index in [1.54, 1.807) is 61.5 Å². The molecule has 0 bridgehead atoms. The molecule has 262 valence electrons. The molecule has 5 unspecified atom stereocenters. The van der Waals surface area contributed by atoms with Gasteiger partial charge in [-0.3, -0.25) is 19.8 Å². The van der Waals surface area contributed by atoms with Gasteiger partial charge in [0.15, 0.2) is 0 Å². The number of fused-ring (bicyclic) bond motifs is 2. The standard InChI is InChI=1S/C30H32N10O8S2/c1-15(50-27-34-37-38-35-27)30(26(44)48-25-18-12-8-7-11-17(18)24(43)47-25)13-40-22(42)20(23(40)49-14-30)32-21(41)19(16-9-5-4-6-10-16)33-28(45)39(3)29(46)36-31-2/h4-12,15,19-20,23,25,31H,13-14H2,1-3H3,(H,32,41)(H,33,45)(H,36,46)(H,34,35,37,38)/t15?,19?,20?,23-,25?,30?/m1/s1. The van der Waals surface area contributed by atoms with Gasteiger partial charge in [-0.15, -0.1) is 16.9 Å². The number of esters is 2. The minimum absolute atomic E-state index is 0.0725. The summed E-state index contributed by atoms with van der Waals surface area (Å²) in [4.78, 5) is 81.2. The van der Waals surface area contributed by atoms with Crippen LogP contribution in [0.1, 0.15) is 40.7 Å². The average molecular weight is 725 g/mol. The Kier molecular flexibility index (Phi) is 9.93. The van der Waals surface area contributed by atoms with E-state index in [4.69, 9.17) is 9.47 Å². The number of imide groups is 1. The molecule has 0 spiro atoms. The number of aromatic nitrogens is 4. The lowest BCUT2D eigenvalue weighted by molar-refractivity contribution is -0.182. The highest BCUT2D eigenvalue weighted by molar-refractivity contribution is 8.01. The zero-order valence-electron chi connectivity index (χ0n) is 26.8. The van der Waals surface area contributed by atoms with Crippen LogP contribution in [-0.2, 0) is 23.9 Å². The third-order valence-electron chi connectivity index (χ3n) is 8.57. The van der Waals surface area contributed by atoms with Crippen molar-refractivity contribution in [1.82, 2.24) is 51.9 Å². The van der Waals surface area contributed by atoms with Gasteiger partial charge in [-0.1, -0.05) is 67.2 Å². The van der Waals surface area contributed by atoms with Gasteiger partial charge in [0.2, 0.25) is 17.0 Å². The first-order valence-corrected chi connectivity index (χ1v) is 17.2. The largest absolute Gasteiger partial charge is 0.420 e. The summed E-state index contributed by atoms with van der Waals surface area (Å²) in [6.45, 7) is 1.71. The SMILES string of the molecule is CNNC(=O)N(C)C(=O)NC(C(=O)NC1C(=O)N2CC(C(=O)OC3OC(=O)c4ccccc43)(C(C)Sc3nnn[nH]3)CS[C@H]12)c1ccccc1. The lowest BCUT2D eigenvalue weighted by Crippen LogP contribution is -2.75. The molecule has 0 saturated carbocycles. The van der Waals surface area contributed by atoms with Gasteiger partial charge in [-0.25, -0.2) is 29.8 Å². The molecule has 3 aliphatic rings. The molecule has 3 aliphatic heterocycles. The number of aromatic amines is 1. The number of nitrogens with zero attached hydrogens (tertiary/aromatic N) is 5. The Labute approximate surface area is 293 Å². The summed E-state index contributed by atoms with van der Waals surface area (Å²) in [5, 5.41) is 18.3. The number of ether oxygens (including phenoxy) is 2. The highest BCUT2D eigenvalue weighted by Crippen LogP contribution is 2.49. The minimum atomic E-state index is -1.31. The summed E-state index contributed by atoms with van der Waals surface area (Å²) in [5.74, 6) is -2.27. The van der Waals surface area contributed by atoms with Crippen LogP contribution in [0, 0.1) is 5.41 Å². The predicted molar refractivity (Wildman–Crippen MR) is 176 cm³/mol. The molecule has 2 aromatic carbocycles. The molecule has 20 heteroatoms. The van der Waals surface area contributed by atoms with Crippen molar-refractivity contribution in [1.29, 1.82) is 0 Å². The molecular formula is C30H32N10O8S2. The van der Waals surface area contributed by atoms with Gasteiger partial charge in [-0.2, -0.15) is 0 Å². The Morgan fingerprint density at radius 2 is 1.86 bits per heavy atom. The Morgan fingerprint density at radius 3 is 2.58 bits per heavy atom. The van der Waals surface area contributed by atoms with Crippen LogP contribution in [0.25, 0.3) is 0 Å². The number of tetrazole rings is 1. The Balaban J connectivity index is 1.19. The van der Waals surface area contributed by atoms with Crippen LogP contribution in [0.3, 0.4) is 0 Å². The van der Waals surface area contributed by atoms with Crippen molar-refractivity contribution >= 4 is 59.3 Å². The van der Waals surface area contributed by atoms with Crippen LogP contribution in [0.4, 0.5) is 9.59 Å². The quantitative estimate of drug-likeness (QED) is 0.0840. The Morgan fingerprint density at radius 1 is 1.12 bits per heavy atom. The van der Waals surface area contributed by atoms with Gasteiger partial charge < -0.3 is 25.0 Å². The number of β-lactam (4-membered cyclic amide) rings is 1. The maximum Gasteiger partial charge on any atom is 0.342 e. The number of hydrogen-bond donors (Lipinski definition) is 5. The van der Waals surface area contributed by atoms with E-state index in [1.807, 2.05) is 0 Å². The summed E-state index contributed by atoms with van der Waals surface area (Å²) in [5.41, 5.74) is 4.52. The minimum Gasteiger partial charge on any atom is -0.420 e. The highest BCUT2D eigenvalue weighted by atomic mass is 32.2. The van der Waals surface area contributed by atoms with Gasteiger partial charge in [-0.05, 0) is 22.1 Å². The zero-order chi connectivity index (χ0) is 35.6. The van der Waals surface area contributed by atoms with Crippen molar-refractivity contribution in [2.75, 3.05) is 26.4 Å². The van der Waals surface area contributed by atoms with Crippen molar-refractivity contribution in [3.8, 4) is 0 Å². The van der Waals surface area contributed by atoms with Crippen LogP contribution in [-0.4, -0.2) is 109 Å². The molecule has 0 aliphatic carbocycles. The molecule has 3 aromatic rings. The topological polar surface area (TPSA) is 230 Å². The number of rotatable bonds is 10.